The minimum Gasteiger partial charge on any atom is -0.0985 e. The van der Waals surface area contributed by atoms with Crippen LogP contribution in [0.2, 0.25) is 0 Å². The van der Waals surface area contributed by atoms with Crippen molar-refractivity contribution in [1.29, 1.82) is 0 Å². The van der Waals surface area contributed by atoms with Gasteiger partial charge in [0.1, 0.15) is 0 Å². The maximum Gasteiger partial charge on any atom is -0.0190 e. The molecule has 0 aromatic rings. The highest BCUT2D eigenvalue weighted by Crippen LogP contribution is 2.27. The van der Waals surface area contributed by atoms with Crippen LogP contribution in [-0.4, -0.2) is 0 Å². The van der Waals surface area contributed by atoms with Gasteiger partial charge in [0.15, 0.2) is 0 Å². The molecule has 1 atom stereocenters. The van der Waals surface area contributed by atoms with Gasteiger partial charge in [0.05, 0.1) is 0 Å². The maximum atomic E-state index is 3.84. The van der Waals surface area contributed by atoms with E-state index in [-0.39, 0.29) is 0 Å². The number of hydrogen-bond acceptors (Lipinski definition) is 0. The fourth-order valence-corrected chi connectivity index (χ4v) is 1.62. The highest BCUT2D eigenvalue weighted by molar-refractivity contribution is 5.41. The molecule has 0 nitrogen and oxygen atoms in total. The largest absolute Gasteiger partial charge is 0.0985 e. The predicted octanol–water partition coefficient (Wildman–Crippen LogP) is 3.87. The van der Waals surface area contributed by atoms with Crippen LogP contribution in [0.15, 0.2) is 36.0 Å². The Morgan fingerprint density at radius 2 is 2.17 bits per heavy atom. The lowest BCUT2D eigenvalue weighted by Gasteiger charge is -2.18. The summed E-state index contributed by atoms with van der Waals surface area (Å²) in [6, 6.07) is 0. The van der Waals surface area contributed by atoms with E-state index in [1.807, 2.05) is 6.08 Å². The Morgan fingerprint density at radius 3 is 2.75 bits per heavy atom. The Labute approximate surface area is 75.7 Å². The van der Waals surface area contributed by atoms with Gasteiger partial charge in [0, 0.05) is 0 Å². The fraction of sp³-hybridized carbons (Fsp3) is 0.500. The molecule has 0 heteroatoms. The lowest BCUT2D eigenvalue weighted by atomic mass is 9.87. The lowest BCUT2D eigenvalue weighted by Crippen LogP contribution is -2.02. The van der Waals surface area contributed by atoms with Crippen LogP contribution in [0.3, 0.4) is 0 Å². The molecule has 0 N–H and O–H groups in total. The van der Waals surface area contributed by atoms with Crippen molar-refractivity contribution in [2.45, 2.75) is 33.1 Å². The Balaban J connectivity index is 2.79. The van der Waals surface area contributed by atoms with Gasteiger partial charge in [-0.05, 0) is 36.3 Å². The van der Waals surface area contributed by atoms with Crippen LogP contribution in [0.5, 0.6) is 0 Å². The molecule has 66 valence electrons. The van der Waals surface area contributed by atoms with Crippen molar-refractivity contribution in [3.63, 3.8) is 0 Å². The van der Waals surface area contributed by atoms with E-state index >= 15 is 0 Å². The summed E-state index contributed by atoms with van der Waals surface area (Å²) in [5.41, 5.74) is 2.86. The van der Waals surface area contributed by atoms with Crippen molar-refractivity contribution in [2.75, 3.05) is 0 Å². The van der Waals surface area contributed by atoms with Crippen molar-refractivity contribution in [3.05, 3.63) is 36.0 Å². The van der Waals surface area contributed by atoms with Crippen molar-refractivity contribution in [3.8, 4) is 0 Å². The van der Waals surface area contributed by atoms with Gasteiger partial charge >= 0.3 is 0 Å². The van der Waals surface area contributed by atoms with Crippen LogP contribution in [0.25, 0.3) is 0 Å². The molecule has 0 aromatic heterocycles. The summed E-state index contributed by atoms with van der Waals surface area (Å²) in [5.74, 6) is 0.689. The first-order chi connectivity index (χ1) is 5.79. The SMILES string of the molecule is C=CC1=CCCC=C1C(C)CC. The molecular weight excluding hydrogens is 144 g/mol. The summed E-state index contributed by atoms with van der Waals surface area (Å²) in [5, 5.41) is 0. The highest BCUT2D eigenvalue weighted by atomic mass is 14.2. The summed E-state index contributed by atoms with van der Waals surface area (Å²) < 4.78 is 0. The van der Waals surface area contributed by atoms with E-state index in [0.29, 0.717) is 5.92 Å². The molecule has 1 unspecified atom stereocenters. The van der Waals surface area contributed by atoms with E-state index in [9.17, 15) is 0 Å². The summed E-state index contributed by atoms with van der Waals surface area (Å²) in [7, 11) is 0. The zero-order valence-corrected chi connectivity index (χ0v) is 8.14. The van der Waals surface area contributed by atoms with Crippen LogP contribution in [0, 0.1) is 5.92 Å². The normalized spacial score (nSPS) is 19.5. The standard InChI is InChI=1S/C12H18/c1-4-10(3)12-9-7-6-8-11(12)5-2/h5,8-10H,2,4,6-7H2,1,3H3. The average Bonchev–Trinajstić information content (AvgIpc) is 2.16. The Hall–Kier alpha value is -0.780. The molecule has 0 fully saturated rings. The topological polar surface area (TPSA) is 0 Å². The molecule has 0 amide bonds. The van der Waals surface area contributed by atoms with Crippen LogP contribution in [0.1, 0.15) is 33.1 Å². The summed E-state index contributed by atoms with van der Waals surface area (Å²) in [6.45, 7) is 8.37. The molecule has 0 saturated carbocycles. The van der Waals surface area contributed by atoms with Crippen LogP contribution in [0.4, 0.5) is 0 Å². The van der Waals surface area contributed by atoms with Crippen molar-refractivity contribution < 1.29 is 0 Å². The third-order valence-electron chi connectivity index (χ3n) is 2.59. The van der Waals surface area contributed by atoms with Gasteiger partial charge in [0.2, 0.25) is 0 Å². The Morgan fingerprint density at radius 1 is 1.50 bits per heavy atom. The fourth-order valence-electron chi connectivity index (χ4n) is 1.62. The molecular formula is C12H18. The van der Waals surface area contributed by atoms with Gasteiger partial charge in [0.25, 0.3) is 0 Å². The Kier molecular flexibility index (Phi) is 3.33. The van der Waals surface area contributed by atoms with Gasteiger partial charge in [-0.2, -0.15) is 0 Å². The molecule has 12 heavy (non-hydrogen) atoms. The van der Waals surface area contributed by atoms with E-state index in [1.165, 1.54) is 30.4 Å². The third kappa shape index (κ3) is 1.88. The van der Waals surface area contributed by atoms with Gasteiger partial charge < -0.3 is 0 Å². The maximum absolute atomic E-state index is 3.84. The zero-order chi connectivity index (χ0) is 8.97. The van der Waals surface area contributed by atoms with Crippen molar-refractivity contribution in [1.82, 2.24) is 0 Å². The van der Waals surface area contributed by atoms with Crippen molar-refractivity contribution in [2.24, 2.45) is 5.92 Å². The quantitative estimate of drug-likeness (QED) is 0.591. The molecule has 0 aliphatic heterocycles. The molecule has 0 spiro atoms. The smallest absolute Gasteiger partial charge is 0.0190 e. The summed E-state index contributed by atoms with van der Waals surface area (Å²) >= 11 is 0. The second kappa shape index (κ2) is 4.30. The van der Waals surface area contributed by atoms with E-state index in [0.717, 1.165) is 0 Å². The van der Waals surface area contributed by atoms with Crippen LogP contribution in [-0.2, 0) is 0 Å². The third-order valence-corrected chi connectivity index (χ3v) is 2.59. The number of allylic oxidation sites excluding steroid dienone is 5. The number of rotatable bonds is 3. The molecule has 1 rings (SSSR count). The summed E-state index contributed by atoms with van der Waals surface area (Å²) in [4.78, 5) is 0. The molecule has 0 saturated heterocycles. The van der Waals surface area contributed by atoms with Crippen LogP contribution < -0.4 is 0 Å². The minimum absolute atomic E-state index is 0.689. The first-order valence-electron chi connectivity index (χ1n) is 4.82. The van der Waals surface area contributed by atoms with Gasteiger partial charge in [-0.3, -0.25) is 0 Å². The van der Waals surface area contributed by atoms with Gasteiger partial charge in [-0.15, -0.1) is 0 Å². The average molecular weight is 162 g/mol. The first-order valence-corrected chi connectivity index (χ1v) is 4.82. The second-order valence-electron chi connectivity index (χ2n) is 3.41. The Bertz CT molecular complexity index is 218. The molecule has 0 heterocycles. The molecule has 1 aliphatic rings. The van der Waals surface area contributed by atoms with E-state index in [4.69, 9.17) is 0 Å². The zero-order valence-electron chi connectivity index (χ0n) is 8.14. The number of hydrogen-bond donors (Lipinski definition) is 0. The minimum atomic E-state index is 0.689. The van der Waals surface area contributed by atoms with E-state index in [1.54, 1.807) is 0 Å². The highest BCUT2D eigenvalue weighted by Gasteiger charge is 2.11. The van der Waals surface area contributed by atoms with Gasteiger partial charge in [-0.25, -0.2) is 0 Å². The van der Waals surface area contributed by atoms with E-state index in [2.05, 4.69) is 32.6 Å². The summed E-state index contributed by atoms with van der Waals surface area (Å²) in [6.07, 6.45) is 10.3. The molecule has 0 aromatic carbocycles. The van der Waals surface area contributed by atoms with E-state index < -0.39 is 0 Å². The molecule has 0 bridgehead atoms. The first kappa shape index (κ1) is 9.31. The second-order valence-corrected chi connectivity index (χ2v) is 3.41. The molecule has 1 aliphatic carbocycles. The monoisotopic (exact) mass is 162 g/mol. The van der Waals surface area contributed by atoms with Crippen molar-refractivity contribution >= 4 is 0 Å². The van der Waals surface area contributed by atoms with Crippen LogP contribution >= 0.6 is 0 Å². The molecule has 0 radical (unpaired) electrons. The van der Waals surface area contributed by atoms with Gasteiger partial charge in [-0.1, -0.05) is 38.7 Å². The predicted molar refractivity (Wildman–Crippen MR) is 55.1 cm³/mol. The lowest BCUT2D eigenvalue weighted by molar-refractivity contribution is 0.656.